The molecule has 1 radical (unpaired) electrons. The maximum Gasteiger partial charge on any atom is 0.119 e. The summed E-state index contributed by atoms with van der Waals surface area (Å²) in [4.78, 5) is 0. The Hall–Kier alpha value is -0.0600. The van der Waals surface area contributed by atoms with Crippen molar-refractivity contribution in [2.45, 2.75) is 58.8 Å². The number of unbranched alkanes of at least 4 members (excludes halogenated alkanes) is 5. The van der Waals surface area contributed by atoms with Gasteiger partial charge in [-0.2, -0.15) is 0 Å². The quantitative estimate of drug-likeness (QED) is 0.342. The van der Waals surface area contributed by atoms with Crippen LogP contribution < -0.4 is 4.74 Å². The van der Waals surface area contributed by atoms with Crippen LogP contribution in [0.5, 0.6) is 5.75 Å². The van der Waals surface area contributed by atoms with Crippen LogP contribution in [0.15, 0.2) is 24.3 Å². The summed E-state index contributed by atoms with van der Waals surface area (Å²) in [6.45, 7) is 7.47. The Kier molecular flexibility index (Phi) is 17.7. The van der Waals surface area contributed by atoms with Gasteiger partial charge in [0.15, 0.2) is 0 Å². The van der Waals surface area contributed by atoms with Gasteiger partial charge in [-0.3, -0.25) is 0 Å². The summed E-state index contributed by atoms with van der Waals surface area (Å²) in [5, 5.41) is 0. The average Bonchev–Trinajstić information content (AvgIpc) is 2.58. The van der Waals surface area contributed by atoms with E-state index in [4.69, 9.17) is 14.2 Å². The van der Waals surface area contributed by atoms with Crippen molar-refractivity contribution in [3.05, 3.63) is 29.8 Å². The number of aryl methyl sites for hydroxylation is 1. The Morgan fingerprint density at radius 3 is 2.04 bits per heavy atom. The first-order chi connectivity index (χ1) is 11.4. The molecule has 0 amide bonds. The molecule has 0 fully saturated rings. The van der Waals surface area contributed by atoms with E-state index in [0.29, 0.717) is 26.4 Å². The zero-order chi connectivity index (χ0) is 16.6. The summed E-state index contributed by atoms with van der Waals surface area (Å²) in [7, 11) is 0. The average molecular weight is 345 g/mol. The second kappa shape index (κ2) is 17.8. The molecule has 0 aliphatic heterocycles. The molecule has 4 heteroatoms. The summed E-state index contributed by atoms with van der Waals surface area (Å²) in [5.74, 6) is 0.921. The molecule has 0 heterocycles. The fraction of sp³-hybridized carbons (Fsp3) is 0.700. The van der Waals surface area contributed by atoms with Crippen molar-refractivity contribution in [3.63, 3.8) is 0 Å². The van der Waals surface area contributed by atoms with E-state index in [1.54, 1.807) is 0 Å². The largest absolute Gasteiger partial charge is 0.491 e. The van der Waals surface area contributed by atoms with E-state index in [9.17, 15) is 0 Å². The second-order valence-electron chi connectivity index (χ2n) is 5.82. The van der Waals surface area contributed by atoms with E-state index in [2.05, 4.69) is 31.2 Å². The molecule has 1 rings (SSSR count). The van der Waals surface area contributed by atoms with Crippen molar-refractivity contribution in [2.24, 2.45) is 0 Å². The van der Waals surface area contributed by atoms with Crippen LogP contribution >= 0.6 is 0 Å². The van der Waals surface area contributed by atoms with E-state index in [1.807, 2.05) is 6.92 Å². The third-order valence-corrected chi connectivity index (χ3v) is 3.81. The number of hydrogen-bond acceptors (Lipinski definition) is 3. The summed E-state index contributed by atoms with van der Waals surface area (Å²) in [5.41, 5.74) is 1.40. The molecule has 24 heavy (non-hydrogen) atoms. The van der Waals surface area contributed by atoms with E-state index in [-0.39, 0.29) is 29.6 Å². The van der Waals surface area contributed by atoms with Gasteiger partial charge in [0.2, 0.25) is 0 Å². The topological polar surface area (TPSA) is 27.7 Å². The van der Waals surface area contributed by atoms with Gasteiger partial charge in [0.1, 0.15) is 12.4 Å². The van der Waals surface area contributed by atoms with Crippen LogP contribution in [0.1, 0.15) is 57.9 Å². The van der Waals surface area contributed by atoms with Crippen LogP contribution in [-0.2, 0) is 15.9 Å². The minimum absolute atomic E-state index is 0. The zero-order valence-electron chi connectivity index (χ0n) is 16.0. The van der Waals surface area contributed by atoms with Crippen LogP contribution in [0.4, 0.5) is 0 Å². The van der Waals surface area contributed by atoms with Crippen LogP contribution in [0, 0.1) is 0 Å². The predicted molar refractivity (Wildman–Crippen MR) is 102 cm³/mol. The molecule has 0 bridgehead atoms. The van der Waals surface area contributed by atoms with Crippen molar-refractivity contribution in [1.82, 2.24) is 0 Å². The number of rotatable bonds is 15. The molecular weight excluding hydrogens is 311 g/mol. The summed E-state index contributed by atoms with van der Waals surface area (Å²) < 4.78 is 16.3. The van der Waals surface area contributed by atoms with Gasteiger partial charge in [-0.1, -0.05) is 51.2 Å². The van der Waals surface area contributed by atoms with Crippen LogP contribution in [-0.4, -0.2) is 62.6 Å². The molecule has 0 aliphatic rings. The Labute approximate surface area is 170 Å². The molecule has 0 saturated carbocycles. The van der Waals surface area contributed by atoms with Gasteiger partial charge in [0.05, 0.1) is 19.8 Å². The van der Waals surface area contributed by atoms with Gasteiger partial charge in [0, 0.05) is 36.2 Å². The van der Waals surface area contributed by atoms with Crippen LogP contribution in [0.3, 0.4) is 0 Å². The number of benzene rings is 1. The van der Waals surface area contributed by atoms with Gasteiger partial charge >= 0.3 is 0 Å². The molecule has 0 saturated heterocycles. The normalized spacial score (nSPS) is 10.4. The fourth-order valence-corrected chi connectivity index (χ4v) is 2.44. The molecule has 0 unspecified atom stereocenters. The van der Waals surface area contributed by atoms with E-state index in [0.717, 1.165) is 12.4 Å². The first kappa shape index (κ1) is 23.9. The Balaban J connectivity index is 0.00000529. The van der Waals surface area contributed by atoms with Crippen molar-refractivity contribution in [1.29, 1.82) is 0 Å². The Bertz CT molecular complexity index is 368. The maximum absolute atomic E-state index is 5.67. The molecule has 0 N–H and O–H groups in total. The standard InChI is InChI=1S/C20H34O3.Na/c1-3-5-6-7-8-9-10-19-11-13-20(14-12-19)23-18-17-22-16-15-21-4-2;/h11-14H,3-10,15-18H2,1-2H3;. The third kappa shape index (κ3) is 13.3. The first-order valence-electron chi connectivity index (χ1n) is 9.24. The molecular formula is C20H34NaO3. The van der Waals surface area contributed by atoms with Crippen molar-refractivity contribution in [2.75, 3.05) is 33.0 Å². The SMILES string of the molecule is CCCCCCCCc1ccc(OCCOCCOCC)cc1.[Na]. The van der Waals surface area contributed by atoms with E-state index in [1.165, 1.54) is 50.5 Å². The molecule has 1 aromatic rings. The summed E-state index contributed by atoms with van der Waals surface area (Å²) in [6, 6.07) is 8.48. The third-order valence-electron chi connectivity index (χ3n) is 3.81. The fourth-order valence-electron chi connectivity index (χ4n) is 2.44. The Morgan fingerprint density at radius 2 is 1.33 bits per heavy atom. The van der Waals surface area contributed by atoms with Gasteiger partial charge in [-0.25, -0.2) is 0 Å². The van der Waals surface area contributed by atoms with Crippen molar-refractivity contribution < 1.29 is 14.2 Å². The maximum atomic E-state index is 5.67. The van der Waals surface area contributed by atoms with Crippen LogP contribution in [0.25, 0.3) is 0 Å². The molecule has 0 spiro atoms. The molecule has 0 aliphatic carbocycles. The first-order valence-corrected chi connectivity index (χ1v) is 9.24. The van der Waals surface area contributed by atoms with E-state index < -0.39 is 0 Å². The van der Waals surface area contributed by atoms with Gasteiger partial charge in [-0.05, 0) is 37.5 Å². The molecule has 3 nitrogen and oxygen atoms in total. The monoisotopic (exact) mass is 345 g/mol. The van der Waals surface area contributed by atoms with Gasteiger partial charge in [0.25, 0.3) is 0 Å². The molecule has 133 valence electrons. The number of ether oxygens (including phenoxy) is 3. The minimum Gasteiger partial charge on any atom is -0.491 e. The molecule has 0 atom stereocenters. The minimum atomic E-state index is 0. The number of hydrogen-bond donors (Lipinski definition) is 0. The molecule has 1 aromatic carbocycles. The van der Waals surface area contributed by atoms with Crippen molar-refractivity contribution in [3.8, 4) is 5.75 Å². The Morgan fingerprint density at radius 1 is 0.708 bits per heavy atom. The smallest absolute Gasteiger partial charge is 0.119 e. The zero-order valence-corrected chi connectivity index (χ0v) is 18.0. The molecule has 0 aromatic heterocycles. The summed E-state index contributed by atoms with van der Waals surface area (Å²) in [6.07, 6.45) is 9.26. The van der Waals surface area contributed by atoms with E-state index >= 15 is 0 Å². The second-order valence-corrected chi connectivity index (χ2v) is 5.82. The predicted octanol–water partition coefficient (Wildman–Crippen LogP) is 4.64. The van der Waals surface area contributed by atoms with Gasteiger partial charge < -0.3 is 14.2 Å². The van der Waals surface area contributed by atoms with Gasteiger partial charge in [-0.15, -0.1) is 0 Å². The summed E-state index contributed by atoms with van der Waals surface area (Å²) >= 11 is 0. The van der Waals surface area contributed by atoms with Crippen molar-refractivity contribution >= 4 is 29.6 Å². The van der Waals surface area contributed by atoms with Crippen LogP contribution in [0.2, 0.25) is 0 Å².